The molecule has 0 spiro atoms. The van der Waals surface area contributed by atoms with Gasteiger partial charge in [-0.1, -0.05) is 0 Å². The van der Waals surface area contributed by atoms with Crippen LogP contribution in [-0.2, 0) is 16.0 Å². The van der Waals surface area contributed by atoms with Crippen molar-refractivity contribution in [1.29, 1.82) is 0 Å². The molecule has 0 aliphatic carbocycles. The summed E-state index contributed by atoms with van der Waals surface area (Å²) in [5.74, 6) is 0.812. The minimum Gasteiger partial charge on any atom is -0.383 e. The molecule has 1 heterocycles. The van der Waals surface area contributed by atoms with E-state index in [4.69, 9.17) is 9.47 Å². The highest BCUT2D eigenvalue weighted by Crippen LogP contribution is 2.04. The fourth-order valence-corrected chi connectivity index (χ4v) is 1.65. The Balaban J connectivity index is 2.51. The molecule has 0 fully saturated rings. The summed E-state index contributed by atoms with van der Waals surface area (Å²) in [6, 6.07) is 0. The third kappa shape index (κ3) is 6.47. The Kier molecular flexibility index (Phi) is 8.04. The van der Waals surface area contributed by atoms with Crippen LogP contribution in [0, 0.1) is 0 Å². The molecule has 19 heavy (non-hydrogen) atoms. The maximum Gasteiger partial charge on any atom is 0.144 e. The second-order valence-corrected chi connectivity index (χ2v) is 4.19. The van der Waals surface area contributed by atoms with Gasteiger partial charge in [0.2, 0.25) is 0 Å². The van der Waals surface area contributed by atoms with E-state index in [2.05, 4.69) is 20.2 Å². The fraction of sp³-hybridized carbons (Fsp3) is 0.692. The van der Waals surface area contributed by atoms with Gasteiger partial charge in [-0.2, -0.15) is 0 Å². The first-order valence-corrected chi connectivity index (χ1v) is 6.55. The van der Waals surface area contributed by atoms with E-state index in [9.17, 15) is 0 Å². The molecule has 0 aromatic carbocycles. The van der Waals surface area contributed by atoms with Crippen LogP contribution in [-0.4, -0.2) is 61.9 Å². The van der Waals surface area contributed by atoms with Gasteiger partial charge in [-0.05, 0) is 6.92 Å². The number of aromatic nitrogens is 2. The first kappa shape index (κ1) is 15.8. The quantitative estimate of drug-likeness (QED) is 0.683. The molecule has 0 aliphatic rings. The zero-order chi connectivity index (χ0) is 13.9. The van der Waals surface area contributed by atoms with Crippen molar-refractivity contribution < 1.29 is 9.47 Å². The first-order chi connectivity index (χ1) is 9.30. The highest BCUT2D eigenvalue weighted by molar-refractivity contribution is 5.30. The van der Waals surface area contributed by atoms with Crippen molar-refractivity contribution in [2.24, 2.45) is 0 Å². The molecule has 0 saturated carbocycles. The Morgan fingerprint density at radius 3 is 2.26 bits per heavy atom. The Hall–Kier alpha value is -1.24. The van der Waals surface area contributed by atoms with E-state index in [0.29, 0.717) is 13.2 Å². The van der Waals surface area contributed by atoms with Crippen molar-refractivity contribution in [2.45, 2.75) is 13.5 Å². The van der Waals surface area contributed by atoms with E-state index in [1.165, 1.54) is 0 Å². The minimum atomic E-state index is 0.701. The van der Waals surface area contributed by atoms with Crippen molar-refractivity contribution in [3.8, 4) is 0 Å². The maximum atomic E-state index is 5.11. The number of hydrogen-bond acceptors (Lipinski definition) is 6. The Bertz CT molecular complexity index is 324. The highest BCUT2D eigenvalue weighted by Gasteiger charge is 2.07. The number of hydrogen-bond donors (Lipinski definition) is 1. The van der Waals surface area contributed by atoms with Gasteiger partial charge in [0, 0.05) is 40.4 Å². The molecule has 0 amide bonds. The van der Waals surface area contributed by atoms with E-state index in [-0.39, 0.29) is 0 Å². The topological polar surface area (TPSA) is 59.5 Å². The molecular formula is C13H24N4O2. The second-order valence-electron chi connectivity index (χ2n) is 4.19. The molecule has 0 atom stereocenters. The van der Waals surface area contributed by atoms with E-state index < -0.39 is 0 Å². The Morgan fingerprint density at radius 1 is 1.11 bits per heavy atom. The zero-order valence-electron chi connectivity index (χ0n) is 12.1. The first-order valence-electron chi connectivity index (χ1n) is 6.55. The summed E-state index contributed by atoms with van der Waals surface area (Å²) in [5, 5.41) is 3.13. The average molecular weight is 268 g/mol. The van der Waals surface area contributed by atoms with Crippen molar-refractivity contribution in [2.75, 3.05) is 52.4 Å². The number of methoxy groups -OCH3 is 2. The van der Waals surface area contributed by atoms with E-state index in [0.717, 1.165) is 37.7 Å². The van der Waals surface area contributed by atoms with Crippen LogP contribution >= 0.6 is 0 Å². The SMILES string of the molecule is CCNc1cnc(CN(CCOC)CCOC)cn1. The molecule has 6 heteroatoms. The molecule has 0 bridgehead atoms. The van der Waals surface area contributed by atoms with Gasteiger partial charge in [0.15, 0.2) is 0 Å². The van der Waals surface area contributed by atoms with Gasteiger partial charge in [-0.25, -0.2) is 4.98 Å². The predicted molar refractivity (Wildman–Crippen MR) is 75.2 cm³/mol. The Labute approximate surface area is 115 Å². The van der Waals surface area contributed by atoms with Crippen LogP contribution in [0.4, 0.5) is 5.82 Å². The fourth-order valence-electron chi connectivity index (χ4n) is 1.65. The van der Waals surface area contributed by atoms with Gasteiger partial charge < -0.3 is 14.8 Å². The van der Waals surface area contributed by atoms with Crippen LogP contribution < -0.4 is 5.32 Å². The molecule has 0 unspecified atom stereocenters. The summed E-state index contributed by atoms with van der Waals surface area (Å²) in [6.45, 7) is 6.76. The molecule has 1 aromatic heterocycles. The number of nitrogens with one attached hydrogen (secondary N) is 1. The van der Waals surface area contributed by atoms with Gasteiger partial charge in [-0.15, -0.1) is 0 Å². The van der Waals surface area contributed by atoms with Gasteiger partial charge in [-0.3, -0.25) is 9.88 Å². The van der Waals surface area contributed by atoms with Crippen LogP contribution in [0.25, 0.3) is 0 Å². The number of anilines is 1. The van der Waals surface area contributed by atoms with Crippen LogP contribution in [0.1, 0.15) is 12.6 Å². The van der Waals surface area contributed by atoms with E-state index >= 15 is 0 Å². The lowest BCUT2D eigenvalue weighted by Crippen LogP contribution is -2.30. The number of nitrogens with zero attached hydrogens (tertiary/aromatic N) is 3. The van der Waals surface area contributed by atoms with Crippen molar-refractivity contribution >= 4 is 5.82 Å². The molecule has 0 aliphatic heterocycles. The summed E-state index contributed by atoms with van der Waals surface area (Å²) >= 11 is 0. The van der Waals surface area contributed by atoms with Crippen LogP contribution in [0.5, 0.6) is 0 Å². The van der Waals surface area contributed by atoms with Gasteiger partial charge in [0.05, 0.1) is 31.3 Å². The smallest absolute Gasteiger partial charge is 0.144 e. The second kappa shape index (κ2) is 9.66. The highest BCUT2D eigenvalue weighted by atomic mass is 16.5. The summed E-state index contributed by atoms with van der Waals surface area (Å²) in [5.41, 5.74) is 0.953. The van der Waals surface area contributed by atoms with Gasteiger partial charge in [0.1, 0.15) is 5.82 Å². The van der Waals surface area contributed by atoms with Crippen LogP contribution in [0.3, 0.4) is 0 Å². The molecule has 0 radical (unpaired) electrons. The molecule has 1 aromatic rings. The lowest BCUT2D eigenvalue weighted by atomic mass is 10.3. The van der Waals surface area contributed by atoms with Gasteiger partial charge >= 0.3 is 0 Å². The molecular weight excluding hydrogens is 244 g/mol. The Morgan fingerprint density at radius 2 is 1.79 bits per heavy atom. The number of rotatable bonds is 10. The predicted octanol–water partition coefficient (Wildman–Crippen LogP) is 1.00. The summed E-state index contributed by atoms with van der Waals surface area (Å²) < 4.78 is 10.2. The van der Waals surface area contributed by atoms with Crippen molar-refractivity contribution in [1.82, 2.24) is 14.9 Å². The molecule has 108 valence electrons. The zero-order valence-corrected chi connectivity index (χ0v) is 12.1. The summed E-state index contributed by atoms with van der Waals surface area (Å²) in [4.78, 5) is 11.0. The maximum absolute atomic E-state index is 5.11. The van der Waals surface area contributed by atoms with Crippen molar-refractivity contribution in [3.05, 3.63) is 18.1 Å². The summed E-state index contributed by atoms with van der Waals surface area (Å²) in [6.07, 6.45) is 3.58. The normalized spacial score (nSPS) is 10.9. The van der Waals surface area contributed by atoms with E-state index in [1.807, 2.05) is 13.1 Å². The van der Waals surface area contributed by atoms with E-state index in [1.54, 1.807) is 20.4 Å². The third-order valence-electron chi connectivity index (χ3n) is 2.67. The van der Waals surface area contributed by atoms with Gasteiger partial charge in [0.25, 0.3) is 0 Å². The average Bonchev–Trinajstić information content (AvgIpc) is 2.44. The lowest BCUT2D eigenvalue weighted by Gasteiger charge is -2.20. The van der Waals surface area contributed by atoms with Crippen LogP contribution in [0.2, 0.25) is 0 Å². The summed E-state index contributed by atoms with van der Waals surface area (Å²) in [7, 11) is 3.42. The minimum absolute atomic E-state index is 0.701. The largest absolute Gasteiger partial charge is 0.383 e. The molecule has 6 nitrogen and oxygen atoms in total. The standard InChI is InChI=1S/C13H24N4O2/c1-4-14-13-10-15-12(9-16-13)11-17(5-7-18-2)6-8-19-3/h9-10H,4-8,11H2,1-3H3,(H,14,16). The molecule has 1 rings (SSSR count). The lowest BCUT2D eigenvalue weighted by molar-refractivity contribution is 0.109. The monoisotopic (exact) mass is 268 g/mol. The van der Waals surface area contributed by atoms with Crippen molar-refractivity contribution in [3.63, 3.8) is 0 Å². The molecule has 0 saturated heterocycles. The van der Waals surface area contributed by atoms with Crippen LogP contribution in [0.15, 0.2) is 12.4 Å². The number of ether oxygens (including phenoxy) is 2. The molecule has 1 N–H and O–H groups in total. The third-order valence-corrected chi connectivity index (χ3v) is 2.67.